The number of anilines is 1. The van der Waals surface area contributed by atoms with Gasteiger partial charge in [-0.2, -0.15) is 0 Å². The molecule has 0 radical (unpaired) electrons. The van der Waals surface area contributed by atoms with Crippen LogP contribution in [0.15, 0.2) is 36.5 Å². The van der Waals surface area contributed by atoms with E-state index < -0.39 is 11.7 Å². The highest BCUT2D eigenvalue weighted by Crippen LogP contribution is 2.21. The molecule has 0 aliphatic rings. The number of rotatable bonds is 4. The molecule has 0 fully saturated rings. The molecule has 7 heteroatoms. The van der Waals surface area contributed by atoms with E-state index in [2.05, 4.69) is 10.3 Å². The highest BCUT2D eigenvalue weighted by molar-refractivity contribution is 7.80. The van der Waals surface area contributed by atoms with Crippen LogP contribution in [0.2, 0.25) is 0 Å². The molecular formula is C14H12FN3O2S. The minimum Gasteiger partial charge on any atom is -0.494 e. The number of methoxy groups -OCH3 is 1. The normalized spacial score (nSPS) is 10.0. The van der Waals surface area contributed by atoms with Crippen LogP contribution in [0.5, 0.6) is 5.75 Å². The van der Waals surface area contributed by atoms with Crippen molar-refractivity contribution in [1.82, 2.24) is 4.98 Å². The van der Waals surface area contributed by atoms with Crippen molar-refractivity contribution in [2.24, 2.45) is 5.73 Å². The standard InChI is InChI=1S/C14H12FN3O2S/c1-20-12-6-9(3-4-10(12)15)18-14(19)11-5-2-8(7-17-11)13(16)21/h2-7H,1H3,(H2,16,21)(H,18,19). The third-order valence-corrected chi connectivity index (χ3v) is 2.93. The summed E-state index contributed by atoms with van der Waals surface area (Å²) in [6.45, 7) is 0. The Bertz CT molecular complexity index is 689. The zero-order valence-corrected chi connectivity index (χ0v) is 11.9. The first-order chi connectivity index (χ1) is 10.0. The summed E-state index contributed by atoms with van der Waals surface area (Å²) in [7, 11) is 1.35. The Morgan fingerprint density at radius 1 is 1.38 bits per heavy atom. The first kappa shape index (κ1) is 14.9. The Morgan fingerprint density at radius 3 is 2.71 bits per heavy atom. The molecule has 5 nitrogen and oxygen atoms in total. The molecule has 1 aromatic carbocycles. The van der Waals surface area contributed by atoms with Crippen LogP contribution in [-0.4, -0.2) is 23.0 Å². The third kappa shape index (κ3) is 3.51. The van der Waals surface area contributed by atoms with Crippen LogP contribution >= 0.6 is 12.2 Å². The number of amides is 1. The Hall–Kier alpha value is -2.54. The van der Waals surface area contributed by atoms with Gasteiger partial charge in [-0.05, 0) is 24.3 Å². The second-order valence-corrected chi connectivity index (χ2v) is 4.54. The molecule has 108 valence electrons. The summed E-state index contributed by atoms with van der Waals surface area (Å²) in [5.74, 6) is -0.892. The number of nitrogens with zero attached hydrogens (tertiary/aromatic N) is 1. The summed E-state index contributed by atoms with van der Waals surface area (Å²) < 4.78 is 18.1. The minimum absolute atomic E-state index is 0.0459. The van der Waals surface area contributed by atoms with E-state index in [4.69, 9.17) is 22.7 Å². The summed E-state index contributed by atoms with van der Waals surface area (Å²) in [6.07, 6.45) is 1.42. The Morgan fingerprint density at radius 2 is 2.14 bits per heavy atom. The summed E-state index contributed by atoms with van der Waals surface area (Å²) in [5, 5.41) is 2.60. The van der Waals surface area contributed by atoms with E-state index in [0.29, 0.717) is 11.3 Å². The lowest BCUT2D eigenvalue weighted by Crippen LogP contribution is -2.15. The fourth-order valence-electron chi connectivity index (χ4n) is 1.61. The van der Waals surface area contributed by atoms with Gasteiger partial charge in [0.05, 0.1) is 7.11 Å². The predicted molar refractivity (Wildman–Crippen MR) is 81.0 cm³/mol. The largest absolute Gasteiger partial charge is 0.494 e. The van der Waals surface area contributed by atoms with Gasteiger partial charge >= 0.3 is 0 Å². The summed E-state index contributed by atoms with van der Waals surface area (Å²) in [6, 6.07) is 7.13. The first-order valence-corrected chi connectivity index (χ1v) is 6.33. The van der Waals surface area contributed by atoms with E-state index in [-0.39, 0.29) is 16.4 Å². The molecule has 0 unspecified atom stereocenters. The van der Waals surface area contributed by atoms with Crippen molar-refractivity contribution >= 4 is 28.8 Å². The number of carbonyl (C=O) groups excluding carboxylic acids is 1. The predicted octanol–water partition coefficient (Wildman–Crippen LogP) is 2.12. The van der Waals surface area contributed by atoms with Gasteiger partial charge in [0.25, 0.3) is 5.91 Å². The van der Waals surface area contributed by atoms with E-state index in [1.54, 1.807) is 6.07 Å². The van der Waals surface area contributed by atoms with E-state index in [0.717, 1.165) is 0 Å². The Kier molecular flexibility index (Phi) is 4.44. The lowest BCUT2D eigenvalue weighted by molar-refractivity contribution is 0.102. The number of benzene rings is 1. The topological polar surface area (TPSA) is 77.2 Å². The first-order valence-electron chi connectivity index (χ1n) is 5.92. The number of hydrogen-bond acceptors (Lipinski definition) is 4. The number of hydrogen-bond donors (Lipinski definition) is 2. The fraction of sp³-hybridized carbons (Fsp3) is 0.0714. The van der Waals surface area contributed by atoms with Crippen molar-refractivity contribution in [3.8, 4) is 5.75 Å². The van der Waals surface area contributed by atoms with Crippen LogP contribution in [0.3, 0.4) is 0 Å². The number of carbonyl (C=O) groups is 1. The molecule has 0 aliphatic carbocycles. The molecule has 2 rings (SSSR count). The molecule has 0 aliphatic heterocycles. The van der Waals surface area contributed by atoms with Gasteiger partial charge in [-0.25, -0.2) is 4.39 Å². The summed E-state index contributed by atoms with van der Waals surface area (Å²) in [5.41, 5.74) is 6.62. The lowest BCUT2D eigenvalue weighted by atomic mass is 10.2. The van der Waals surface area contributed by atoms with Crippen LogP contribution in [0.1, 0.15) is 16.1 Å². The lowest BCUT2D eigenvalue weighted by Gasteiger charge is -2.07. The number of aromatic nitrogens is 1. The number of thiocarbonyl (C=S) groups is 1. The molecule has 1 amide bonds. The molecule has 1 heterocycles. The molecule has 2 aromatic rings. The zero-order valence-electron chi connectivity index (χ0n) is 11.1. The molecule has 0 atom stereocenters. The maximum atomic E-state index is 13.3. The molecule has 0 bridgehead atoms. The van der Waals surface area contributed by atoms with Crippen molar-refractivity contribution in [2.45, 2.75) is 0 Å². The van der Waals surface area contributed by atoms with Gasteiger partial charge in [0.15, 0.2) is 11.6 Å². The van der Waals surface area contributed by atoms with Crippen molar-refractivity contribution in [3.63, 3.8) is 0 Å². The zero-order chi connectivity index (χ0) is 15.4. The highest BCUT2D eigenvalue weighted by atomic mass is 32.1. The molecule has 1 aromatic heterocycles. The van der Waals surface area contributed by atoms with E-state index >= 15 is 0 Å². The van der Waals surface area contributed by atoms with Gasteiger partial charge in [0, 0.05) is 23.5 Å². The number of pyridine rings is 1. The van der Waals surface area contributed by atoms with Gasteiger partial charge in [-0.1, -0.05) is 12.2 Å². The Labute approximate surface area is 125 Å². The highest BCUT2D eigenvalue weighted by Gasteiger charge is 2.10. The van der Waals surface area contributed by atoms with Crippen LogP contribution in [0.4, 0.5) is 10.1 Å². The second-order valence-electron chi connectivity index (χ2n) is 4.10. The van der Waals surface area contributed by atoms with Crippen LogP contribution in [-0.2, 0) is 0 Å². The summed E-state index contributed by atoms with van der Waals surface area (Å²) >= 11 is 4.80. The monoisotopic (exact) mass is 305 g/mol. The maximum absolute atomic E-state index is 13.3. The SMILES string of the molecule is COc1cc(NC(=O)c2ccc(C(N)=S)cn2)ccc1F. The van der Waals surface area contributed by atoms with E-state index in [1.807, 2.05) is 0 Å². The number of ether oxygens (including phenoxy) is 1. The van der Waals surface area contributed by atoms with Crippen LogP contribution in [0.25, 0.3) is 0 Å². The van der Waals surface area contributed by atoms with Gasteiger partial charge in [-0.3, -0.25) is 9.78 Å². The third-order valence-electron chi connectivity index (χ3n) is 2.69. The molecule has 0 spiro atoms. The maximum Gasteiger partial charge on any atom is 0.274 e. The molecular weight excluding hydrogens is 293 g/mol. The number of halogens is 1. The van der Waals surface area contributed by atoms with Crippen molar-refractivity contribution in [3.05, 3.63) is 53.6 Å². The van der Waals surface area contributed by atoms with Gasteiger partial charge in [0.1, 0.15) is 10.7 Å². The molecule has 3 N–H and O–H groups in total. The van der Waals surface area contributed by atoms with Crippen molar-refractivity contribution in [2.75, 3.05) is 12.4 Å². The van der Waals surface area contributed by atoms with Crippen LogP contribution < -0.4 is 15.8 Å². The number of nitrogens with one attached hydrogen (secondary N) is 1. The Balaban J connectivity index is 2.15. The smallest absolute Gasteiger partial charge is 0.274 e. The van der Waals surface area contributed by atoms with E-state index in [9.17, 15) is 9.18 Å². The fourth-order valence-corrected chi connectivity index (χ4v) is 1.73. The average molecular weight is 305 g/mol. The second kappa shape index (κ2) is 6.27. The molecule has 0 saturated carbocycles. The van der Waals surface area contributed by atoms with Crippen molar-refractivity contribution in [1.29, 1.82) is 0 Å². The minimum atomic E-state index is -0.505. The van der Waals surface area contributed by atoms with Gasteiger partial charge < -0.3 is 15.8 Å². The van der Waals surface area contributed by atoms with E-state index in [1.165, 1.54) is 37.6 Å². The average Bonchev–Trinajstić information content (AvgIpc) is 2.49. The van der Waals surface area contributed by atoms with Gasteiger partial charge in [0.2, 0.25) is 0 Å². The number of nitrogens with two attached hydrogens (primary N) is 1. The molecule has 21 heavy (non-hydrogen) atoms. The molecule has 0 saturated heterocycles. The quantitative estimate of drug-likeness (QED) is 0.846. The van der Waals surface area contributed by atoms with Crippen LogP contribution in [0, 0.1) is 5.82 Å². The van der Waals surface area contributed by atoms with Gasteiger partial charge in [-0.15, -0.1) is 0 Å². The summed E-state index contributed by atoms with van der Waals surface area (Å²) in [4.78, 5) is 16.2. The van der Waals surface area contributed by atoms with Crippen molar-refractivity contribution < 1.29 is 13.9 Å².